The van der Waals surface area contributed by atoms with Gasteiger partial charge in [0.2, 0.25) is 5.91 Å². The lowest BCUT2D eigenvalue weighted by Gasteiger charge is -2.34. The average molecular weight is 351 g/mol. The molecule has 0 radical (unpaired) electrons. The van der Waals surface area contributed by atoms with Gasteiger partial charge in [0.15, 0.2) is 11.5 Å². The molecule has 1 aromatic rings. The minimum absolute atomic E-state index is 0.00785. The third-order valence-electron chi connectivity index (χ3n) is 4.26. The number of methoxy groups -OCH3 is 2. The molecule has 25 heavy (non-hydrogen) atoms. The summed E-state index contributed by atoms with van der Waals surface area (Å²) in [6, 6.07) is 5.61. The fourth-order valence-electron chi connectivity index (χ4n) is 3.00. The van der Waals surface area contributed by atoms with Crippen LogP contribution in [0.4, 0.5) is 0 Å². The van der Waals surface area contributed by atoms with Crippen LogP contribution in [-0.2, 0) is 20.7 Å². The number of carboxylic acid groups (broad SMARTS) is 1. The number of rotatable bonds is 7. The number of ether oxygens (including phenoxy) is 3. The van der Waals surface area contributed by atoms with E-state index in [9.17, 15) is 9.59 Å². The predicted molar refractivity (Wildman–Crippen MR) is 91.0 cm³/mol. The second kappa shape index (κ2) is 8.71. The van der Waals surface area contributed by atoms with Gasteiger partial charge in [0.1, 0.15) is 0 Å². The normalized spacial score (nSPS) is 18.5. The van der Waals surface area contributed by atoms with Crippen LogP contribution in [0.5, 0.6) is 11.5 Å². The highest BCUT2D eigenvalue weighted by Crippen LogP contribution is 2.28. The maximum atomic E-state index is 12.7. The van der Waals surface area contributed by atoms with Crippen LogP contribution in [0.15, 0.2) is 18.2 Å². The van der Waals surface area contributed by atoms with E-state index in [0.29, 0.717) is 37.6 Å². The highest BCUT2D eigenvalue weighted by atomic mass is 16.5. The maximum Gasteiger partial charge on any atom is 0.306 e. The zero-order valence-electron chi connectivity index (χ0n) is 14.9. The van der Waals surface area contributed by atoms with E-state index in [1.165, 1.54) is 0 Å². The number of nitrogens with zero attached hydrogens (tertiary/aromatic N) is 1. The summed E-state index contributed by atoms with van der Waals surface area (Å²) in [5, 5.41) is 8.88. The van der Waals surface area contributed by atoms with Gasteiger partial charge in [-0.2, -0.15) is 0 Å². The van der Waals surface area contributed by atoms with Gasteiger partial charge >= 0.3 is 5.97 Å². The van der Waals surface area contributed by atoms with Crippen molar-refractivity contribution in [3.05, 3.63) is 23.8 Å². The fraction of sp³-hybridized carbons (Fsp3) is 0.556. The largest absolute Gasteiger partial charge is 0.493 e. The Bertz CT molecular complexity index is 618. The molecule has 7 nitrogen and oxygen atoms in total. The average Bonchev–Trinajstić information content (AvgIpc) is 2.60. The molecule has 1 aliphatic rings. The lowest BCUT2D eigenvalue weighted by Crippen LogP contribution is -2.48. The highest BCUT2D eigenvalue weighted by molar-refractivity contribution is 5.79. The Kier molecular flexibility index (Phi) is 6.64. The minimum atomic E-state index is -0.919. The predicted octanol–water partition coefficient (Wildman–Crippen LogP) is 1.58. The molecule has 1 N–H and O–H groups in total. The minimum Gasteiger partial charge on any atom is -0.493 e. The van der Waals surface area contributed by atoms with E-state index >= 15 is 0 Å². The molecule has 0 aromatic heterocycles. The Morgan fingerprint density at radius 1 is 1.32 bits per heavy atom. The van der Waals surface area contributed by atoms with Gasteiger partial charge in [0.25, 0.3) is 0 Å². The Balaban J connectivity index is 1.99. The summed E-state index contributed by atoms with van der Waals surface area (Å²) in [7, 11) is 3.15. The van der Waals surface area contributed by atoms with Crippen molar-refractivity contribution in [2.75, 3.05) is 33.9 Å². The molecule has 1 saturated heterocycles. The summed E-state index contributed by atoms with van der Waals surface area (Å²) in [4.78, 5) is 25.2. The van der Waals surface area contributed by atoms with Gasteiger partial charge in [-0.05, 0) is 24.1 Å². The first-order valence-electron chi connectivity index (χ1n) is 8.27. The number of carbonyl (C=O) groups excluding carboxylic acids is 1. The van der Waals surface area contributed by atoms with E-state index in [-0.39, 0.29) is 18.2 Å². The molecule has 0 aliphatic carbocycles. The molecule has 7 heteroatoms. The first-order chi connectivity index (χ1) is 11.9. The Hall–Kier alpha value is -2.28. The summed E-state index contributed by atoms with van der Waals surface area (Å²) in [6.07, 6.45) is 0.0389. The molecule has 0 bridgehead atoms. The van der Waals surface area contributed by atoms with E-state index in [4.69, 9.17) is 19.3 Å². The third-order valence-corrected chi connectivity index (χ3v) is 4.26. The molecular weight excluding hydrogens is 326 g/mol. The number of hydrogen-bond donors (Lipinski definition) is 1. The lowest BCUT2D eigenvalue weighted by molar-refractivity contribution is -0.149. The molecule has 1 amide bonds. The summed E-state index contributed by atoms with van der Waals surface area (Å²) >= 11 is 0. The first kappa shape index (κ1) is 19.1. The number of carboxylic acids is 1. The van der Waals surface area contributed by atoms with Gasteiger partial charge in [-0.15, -0.1) is 0 Å². The smallest absolute Gasteiger partial charge is 0.306 e. The standard InChI is InChI=1S/C18H25NO6/c1-12(8-13-4-5-15(23-2)16(9-13)24-3)18(22)19-6-7-25-14(11-19)10-17(20)21/h4-5,9,12,14H,6-8,10-11H2,1-3H3,(H,20,21). The van der Waals surface area contributed by atoms with Crippen LogP contribution in [0.1, 0.15) is 18.9 Å². The third kappa shape index (κ3) is 5.09. The lowest BCUT2D eigenvalue weighted by atomic mass is 9.99. The van der Waals surface area contributed by atoms with Crippen molar-refractivity contribution in [1.29, 1.82) is 0 Å². The molecule has 0 saturated carbocycles. The van der Waals surface area contributed by atoms with Crippen LogP contribution < -0.4 is 9.47 Å². The van der Waals surface area contributed by atoms with Crippen LogP contribution in [0, 0.1) is 5.92 Å². The first-order valence-corrected chi connectivity index (χ1v) is 8.27. The monoisotopic (exact) mass is 351 g/mol. The SMILES string of the molecule is COc1ccc(CC(C)C(=O)N2CCOC(CC(=O)O)C2)cc1OC. The zero-order valence-corrected chi connectivity index (χ0v) is 14.9. The molecule has 0 spiro atoms. The van der Waals surface area contributed by atoms with Crippen LogP contribution in [0.3, 0.4) is 0 Å². The summed E-state index contributed by atoms with van der Waals surface area (Å²) in [6.45, 7) is 3.06. The van der Waals surface area contributed by atoms with E-state index in [1.807, 2.05) is 25.1 Å². The number of amides is 1. The van der Waals surface area contributed by atoms with E-state index in [2.05, 4.69) is 0 Å². The van der Waals surface area contributed by atoms with Crippen LogP contribution in [0.25, 0.3) is 0 Å². The quantitative estimate of drug-likeness (QED) is 0.803. The molecule has 2 atom stereocenters. The summed E-state index contributed by atoms with van der Waals surface area (Å²) in [5.41, 5.74) is 0.980. The molecule has 1 fully saturated rings. The van der Waals surface area contributed by atoms with Crippen molar-refractivity contribution in [1.82, 2.24) is 4.90 Å². The van der Waals surface area contributed by atoms with Crippen molar-refractivity contribution >= 4 is 11.9 Å². The van der Waals surface area contributed by atoms with Crippen molar-refractivity contribution in [3.8, 4) is 11.5 Å². The molecule has 138 valence electrons. The summed E-state index contributed by atoms with van der Waals surface area (Å²) < 4.78 is 15.9. The van der Waals surface area contributed by atoms with Gasteiger partial charge in [0, 0.05) is 19.0 Å². The van der Waals surface area contributed by atoms with E-state index < -0.39 is 12.1 Å². The van der Waals surface area contributed by atoms with Crippen molar-refractivity contribution in [3.63, 3.8) is 0 Å². The van der Waals surface area contributed by atoms with E-state index in [0.717, 1.165) is 5.56 Å². The maximum absolute atomic E-state index is 12.7. The topological polar surface area (TPSA) is 85.3 Å². The molecular formula is C18H25NO6. The molecule has 1 aromatic carbocycles. The number of morpholine rings is 1. The highest BCUT2D eigenvalue weighted by Gasteiger charge is 2.28. The fourth-order valence-corrected chi connectivity index (χ4v) is 3.00. The number of hydrogen-bond acceptors (Lipinski definition) is 5. The van der Waals surface area contributed by atoms with Crippen LogP contribution in [-0.4, -0.2) is 61.9 Å². The molecule has 1 aliphatic heterocycles. The number of carbonyl (C=O) groups is 2. The Labute approximate surface area is 147 Å². The van der Waals surface area contributed by atoms with Gasteiger partial charge in [-0.25, -0.2) is 0 Å². The number of benzene rings is 1. The zero-order chi connectivity index (χ0) is 18.4. The van der Waals surface area contributed by atoms with Gasteiger partial charge in [-0.3, -0.25) is 9.59 Å². The molecule has 2 rings (SSSR count). The van der Waals surface area contributed by atoms with Crippen LogP contribution in [0.2, 0.25) is 0 Å². The van der Waals surface area contributed by atoms with Crippen molar-refractivity contribution < 1.29 is 28.9 Å². The second-order valence-electron chi connectivity index (χ2n) is 6.17. The van der Waals surface area contributed by atoms with Crippen molar-refractivity contribution in [2.45, 2.75) is 25.9 Å². The number of aliphatic carboxylic acids is 1. The molecule has 1 heterocycles. The van der Waals surface area contributed by atoms with E-state index in [1.54, 1.807) is 19.1 Å². The van der Waals surface area contributed by atoms with Gasteiger partial charge in [0.05, 0.1) is 33.4 Å². The second-order valence-corrected chi connectivity index (χ2v) is 6.17. The van der Waals surface area contributed by atoms with Gasteiger partial charge < -0.3 is 24.2 Å². The molecule has 2 unspecified atom stereocenters. The Morgan fingerprint density at radius 2 is 2.04 bits per heavy atom. The Morgan fingerprint density at radius 3 is 2.68 bits per heavy atom. The van der Waals surface area contributed by atoms with Gasteiger partial charge in [-0.1, -0.05) is 13.0 Å². The summed E-state index contributed by atoms with van der Waals surface area (Å²) in [5.74, 6) is 0.148. The van der Waals surface area contributed by atoms with Crippen LogP contribution >= 0.6 is 0 Å². The van der Waals surface area contributed by atoms with Crippen molar-refractivity contribution in [2.24, 2.45) is 5.92 Å².